The van der Waals surface area contributed by atoms with Crippen LogP contribution in [0.3, 0.4) is 0 Å². The zero-order valence-corrected chi connectivity index (χ0v) is 13.4. The summed E-state index contributed by atoms with van der Waals surface area (Å²) in [5.41, 5.74) is 6.31. The molecule has 3 rings (SSSR count). The fourth-order valence-electron chi connectivity index (χ4n) is 2.30. The fraction of sp³-hybridized carbons (Fsp3) is 0.125. The first-order valence-corrected chi connectivity index (χ1v) is 6.85. The Hall–Kier alpha value is -2.61. The molecule has 0 aliphatic carbocycles. The normalized spacial score (nSPS) is 11.2. The molecule has 9 heteroatoms. The van der Waals surface area contributed by atoms with Crippen LogP contribution >= 0.6 is 12.4 Å². The summed E-state index contributed by atoms with van der Waals surface area (Å²) >= 11 is 0. The van der Waals surface area contributed by atoms with Gasteiger partial charge in [0, 0.05) is 17.0 Å². The van der Waals surface area contributed by atoms with Crippen LogP contribution in [0.2, 0.25) is 0 Å². The first kappa shape index (κ1) is 18.7. The van der Waals surface area contributed by atoms with Crippen molar-refractivity contribution in [3.63, 3.8) is 0 Å². The summed E-state index contributed by atoms with van der Waals surface area (Å²) in [7, 11) is 0. The Morgan fingerprint density at radius 3 is 2.36 bits per heavy atom. The van der Waals surface area contributed by atoms with Crippen LogP contribution in [-0.4, -0.2) is 22.8 Å². The quantitative estimate of drug-likeness (QED) is 0.692. The van der Waals surface area contributed by atoms with Crippen LogP contribution in [-0.2, 0) is 0 Å². The molecule has 1 heterocycles. The first-order chi connectivity index (χ1) is 11.3. The molecule has 0 spiro atoms. The molecule has 1 aromatic heterocycles. The second-order valence-corrected chi connectivity index (χ2v) is 4.99. The second-order valence-electron chi connectivity index (χ2n) is 4.99. The lowest BCUT2D eigenvalue weighted by Gasteiger charge is -2.11. The van der Waals surface area contributed by atoms with Gasteiger partial charge in [-0.15, -0.1) is 12.4 Å². The van der Waals surface area contributed by atoms with Gasteiger partial charge >= 0.3 is 6.18 Å². The van der Waals surface area contributed by atoms with Gasteiger partial charge in [0.1, 0.15) is 5.82 Å². The molecule has 25 heavy (non-hydrogen) atoms. The van der Waals surface area contributed by atoms with Crippen LogP contribution in [0.4, 0.5) is 23.5 Å². The van der Waals surface area contributed by atoms with Crippen LogP contribution < -0.4 is 10.5 Å². The molecule has 0 bridgehead atoms. The van der Waals surface area contributed by atoms with Gasteiger partial charge in [-0.2, -0.15) is 18.2 Å². The number of alkyl halides is 3. The summed E-state index contributed by atoms with van der Waals surface area (Å²) in [5.74, 6) is -0.953. The van der Waals surface area contributed by atoms with Gasteiger partial charge in [-0.25, -0.2) is 9.37 Å². The number of nitrogen functional groups attached to an aromatic ring is 1. The van der Waals surface area contributed by atoms with E-state index in [1.807, 2.05) is 0 Å². The minimum atomic E-state index is -4.50. The van der Waals surface area contributed by atoms with E-state index in [0.29, 0.717) is 16.3 Å². The van der Waals surface area contributed by atoms with Gasteiger partial charge in [-0.3, -0.25) is 0 Å². The van der Waals surface area contributed by atoms with Gasteiger partial charge < -0.3 is 10.5 Å². The average molecular weight is 374 g/mol. The lowest BCUT2D eigenvalue weighted by molar-refractivity contribution is -0.154. The van der Waals surface area contributed by atoms with Crippen LogP contribution in [0.15, 0.2) is 42.5 Å². The van der Waals surface area contributed by atoms with E-state index in [0.717, 1.165) is 0 Å². The monoisotopic (exact) mass is 373 g/mol. The maximum Gasteiger partial charge on any atom is 0.422 e. The number of anilines is 1. The molecule has 0 atom stereocenters. The van der Waals surface area contributed by atoms with E-state index in [9.17, 15) is 17.6 Å². The van der Waals surface area contributed by atoms with Crippen LogP contribution in [0.25, 0.3) is 22.0 Å². The molecule has 0 saturated carbocycles. The Kier molecular flexibility index (Phi) is 5.32. The van der Waals surface area contributed by atoms with Crippen LogP contribution in [0, 0.1) is 5.82 Å². The average Bonchev–Trinajstić information content (AvgIpc) is 2.52. The molecule has 2 aromatic carbocycles. The first-order valence-electron chi connectivity index (χ1n) is 6.85. The zero-order chi connectivity index (χ0) is 17.3. The number of fused-ring (bicyclic) bond motifs is 1. The van der Waals surface area contributed by atoms with Gasteiger partial charge in [0.25, 0.3) is 0 Å². The third-order valence-electron chi connectivity index (χ3n) is 3.25. The highest BCUT2D eigenvalue weighted by Gasteiger charge is 2.28. The minimum Gasteiger partial charge on any atom is -0.468 e. The van der Waals surface area contributed by atoms with Gasteiger partial charge in [0.15, 0.2) is 6.61 Å². The molecule has 0 radical (unpaired) electrons. The number of halogens is 5. The van der Waals surface area contributed by atoms with Crippen LogP contribution in [0.5, 0.6) is 5.88 Å². The Labute approximate surface area is 146 Å². The Morgan fingerprint density at radius 1 is 1.00 bits per heavy atom. The van der Waals surface area contributed by atoms with E-state index in [2.05, 4.69) is 14.7 Å². The van der Waals surface area contributed by atoms with Crippen molar-refractivity contribution in [2.75, 3.05) is 12.3 Å². The molecule has 0 saturated heterocycles. The van der Waals surface area contributed by atoms with Crippen molar-refractivity contribution in [3.05, 3.63) is 48.3 Å². The Balaban J connectivity index is 0.00000225. The van der Waals surface area contributed by atoms with Crippen molar-refractivity contribution in [2.45, 2.75) is 6.18 Å². The smallest absolute Gasteiger partial charge is 0.422 e. The zero-order valence-electron chi connectivity index (χ0n) is 12.5. The van der Waals surface area contributed by atoms with Gasteiger partial charge in [-0.05, 0) is 17.5 Å². The highest BCUT2D eigenvalue weighted by Crippen LogP contribution is 2.31. The molecular formula is C16H12ClF4N3O. The third-order valence-corrected chi connectivity index (χ3v) is 3.25. The molecule has 0 aliphatic rings. The van der Waals surface area contributed by atoms with Crippen molar-refractivity contribution in [3.8, 4) is 17.1 Å². The maximum atomic E-state index is 13.9. The predicted molar refractivity (Wildman–Crippen MR) is 88.1 cm³/mol. The Morgan fingerprint density at radius 2 is 1.68 bits per heavy atom. The van der Waals surface area contributed by atoms with E-state index in [1.54, 1.807) is 24.3 Å². The molecular weight excluding hydrogens is 362 g/mol. The topological polar surface area (TPSA) is 61.0 Å². The summed E-state index contributed by atoms with van der Waals surface area (Å²) in [5, 5.41) is 0.919. The number of rotatable bonds is 3. The van der Waals surface area contributed by atoms with Gasteiger partial charge in [0.2, 0.25) is 11.8 Å². The lowest BCUT2D eigenvalue weighted by Crippen LogP contribution is -2.20. The number of aromatic nitrogens is 2. The summed E-state index contributed by atoms with van der Waals surface area (Å²) in [4.78, 5) is 7.64. The third kappa shape index (κ3) is 4.27. The van der Waals surface area contributed by atoms with E-state index < -0.39 is 18.6 Å². The number of ether oxygens (including phenoxy) is 1. The van der Waals surface area contributed by atoms with Crippen molar-refractivity contribution in [2.24, 2.45) is 0 Å². The largest absolute Gasteiger partial charge is 0.468 e. The van der Waals surface area contributed by atoms with Crippen molar-refractivity contribution in [1.82, 2.24) is 9.97 Å². The number of hydrogen-bond donors (Lipinski definition) is 1. The molecule has 0 amide bonds. The number of benzene rings is 2. The molecule has 132 valence electrons. The summed E-state index contributed by atoms with van der Waals surface area (Å²) in [6, 6.07) is 10.7. The molecule has 0 fully saturated rings. The van der Waals surface area contributed by atoms with E-state index >= 15 is 0 Å². The van der Waals surface area contributed by atoms with Crippen molar-refractivity contribution < 1.29 is 22.3 Å². The number of nitrogens with zero attached hydrogens (tertiary/aromatic N) is 2. The van der Waals surface area contributed by atoms with E-state index in [4.69, 9.17) is 5.73 Å². The summed E-state index contributed by atoms with van der Waals surface area (Å²) < 4.78 is 55.3. The van der Waals surface area contributed by atoms with E-state index in [-0.39, 0.29) is 29.9 Å². The SMILES string of the molecule is Cl.Nc1nc(OCC(F)(F)F)cc(-c2ccc(F)c3ccccc23)n1. The molecule has 0 unspecified atom stereocenters. The Bertz CT molecular complexity index is 902. The molecule has 0 aliphatic heterocycles. The molecule has 2 N–H and O–H groups in total. The maximum absolute atomic E-state index is 13.9. The second kappa shape index (κ2) is 7.10. The highest BCUT2D eigenvalue weighted by atomic mass is 35.5. The summed E-state index contributed by atoms with van der Waals surface area (Å²) in [6.45, 7) is -1.49. The van der Waals surface area contributed by atoms with Gasteiger partial charge in [0.05, 0.1) is 5.69 Å². The van der Waals surface area contributed by atoms with Gasteiger partial charge in [-0.1, -0.05) is 24.3 Å². The predicted octanol–water partition coefficient (Wildman–Crippen LogP) is 4.38. The number of hydrogen-bond acceptors (Lipinski definition) is 4. The molecule has 3 aromatic rings. The summed E-state index contributed by atoms with van der Waals surface area (Å²) in [6.07, 6.45) is -4.50. The van der Waals surface area contributed by atoms with Crippen molar-refractivity contribution >= 4 is 29.1 Å². The standard InChI is InChI=1S/C16H11F4N3O.ClH/c17-12-6-5-11(9-3-1-2-4-10(9)12)13-7-14(23-15(21)22-13)24-8-16(18,19)20;/h1-7H,8H2,(H2,21,22,23);1H. The lowest BCUT2D eigenvalue weighted by atomic mass is 10.0. The minimum absolute atomic E-state index is 0. The van der Waals surface area contributed by atoms with Crippen molar-refractivity contribution in [1.29, 1.82) is 0 Å². The number of nitrogens with two attached hydrogens (primary N) is 1. The van der Waals surface area contributed by atoms with Crippen LogP contribution in [0.1, 0.15) is 0 Å². The molecule has 4 nitrogen and oxygen atoms in total. The fourth-order valence-corrected chi connectivity index (χ4v) is 2.30. The van der Waals surface area contributed by atoms with E-state index in [1.165, 1.54) is 18.2 Å². The highest BCUT2D eigenvalue weighted by molar-refractivity contribution is 5.96.